The van der Waals surface area contributed by atoms with Crippen molar-refractivity contribution in [3.05, 3.63) is 22.8 Å². The molecule has 23 heavy (non-hydrogen) atoms. The Morgan fingerprint density at radius 3 is 2.48 bits per heavy atom. The number of piperazine rings is 1. The molecule has 1 aromatic heterocycles. The summed E-state index contributed by atoms with van der Waals surface area (Å²) in [5, 5.41) is 3.34. The Morgan fingerprint density at radius 2 is 1.91 bits per heavy atom. The van der Waals surface area contributed by atoms with Gasteiger partial charge in [-0.15, -0.1) is 24.8 Å². The Hall–Kier alpha value is -0.560. The highest BCUT2D eigenvalue weighted by Crippen LogP contribution is 2.17. The summed E-state index contributed by atoms with van der Waals surface area (Å²) < 4.78 is 0.989. The van der Waals surface area contributed by atoms with Crippen molar-refractivity contribution < 1.29 is 4.79 Å². The van der Waals surface area contributed by atoms with Crippen molar-refractivity contribution in [2.45, 2.75) is 25.3 Å². The molecule has 8 heteroatoms. The summed E-state index contributed by atoms with van der Waals surface area (Å²) in [5.74, 6) is 1.26. The maximum Gasteiger partial charge on any atom is 0.239 e. The number of hydrogen-bond donors (Lipinski definition) is 1. The van der Waals surface area contributed by atoms with Crippen LogP contribution < -0.4 is 10.2 Å². The molecule has 1 N–H and O–H groups in total. The molecule has 5 nitrogen and oxygen atoms in total. The van der Waals surface area contributed by atoms with Gasteiger partial charge in [-0.05, 0) is 47.4 Å². The molecular formula is C15H23BrCl2N4O. The van der Waals surface area contributed by atoms with Crippen molar-refractivity contribution in [3.8, 4) is 0 Å². The van der Waals surface area contributed by atoms with Crippen molar-refractivity contribution in [1.29, 1.82) is 0 Å². The highest BCUT2D eigenvalue weighted by molar-refractivity contribution is 9.10. The van der Waals surface area contributed by atoms with Crippen molar-refractivity contribution in [2.75, 3.05) is 37.6 Å². The summed E-state index contributed by atoms with van der Waals surface area (Å²) in [6.45, 7) is 4.25. The van der Waals surface area contributed by atoms with Crippen molar-refractivity contribution >= 4 is 52.5 Å². The first-order valence-electron chi connectivity index (χ1n) is 7.63. The first-order valence-corrected chi connectivity index (χ1v) is 8.42. The van der Waals surface area contributed by atoms with Crippen LogP contribution in [0.4, 0.5) is 5.82 Å². The van der Waals surface area contributed by atoms with E-state index in [9.17, 15) is 4.79 Å². The van der Waals surface area contributed by atoms with Crippen LogP contribution in [0.2, 0.25) is 0 Å². The quantitative estimate of drug-likeness (QED) is 0.790. The lowest BCUT2D eigenvalue weighted by Crippen LogP contribution is -2.55. The van der Waals surface area contributed by atoms with E-state index in [4.69, 9.17) is 0 Å². The maximum atomic E-state index is 12.5. The number of carbonyl (C=O) groups excluding carboxylic acids is 1. The zero-order valence-electron chi connectivity index (χ0n) is 12.9. The van der Waals surface area contributed by atoms with Gasteiger partial charge in [0.05, 0.1) is 6.04 Å². The molecule has 1 amide bonds. The van der Waals surface area contributed by atoms with Gasteiger partial charge in [-0.2, -0.15) is 0 Å². The summed E-state index contributed by atoms with van der Waals surface area (Å²) >= 11 is 3.40. The Bertz CT molecular complexity index is 489. The highest BCUT2D eigenvalue weighted by atomic mass is 79.9. The molecule has 130 valence electrons. The molecule has 1 atom stereocenters. The molecule has 2 fully saturated rings. The van der Waals surface area contributed by atoms with Crippen LogP contribution in [0.1, 0.15) is 19.3 Å². The third-order valence-corrected chi connectivity index (χ3v) is 4.70. The minimum absolute atomic E-state index is 0. The van der Waals surface area contributed by atoms with Crippen LogP contribution in [-0.4, -0.2) is 54.6 Å². The molecule has 0 unspecified atom stereocenters. The fourth-order valence-corrected chi connectivity index (χ4v) is 3.23. The molecule has 0 bridgehead atoms. The van der Waals surface area contributed by atoms with Gasteiger partial charge in [0.1, 0.15) is 5.82 Å². The van der Waals surface area contributed by atoms with E-state index in [1.165, 1.54) is 6.42 Å². The number of nitrogens with one attached hydrogen (secondary N) is 1. The van der Waals surface area contributed by atoms with E-state index in [0.29, 0.717) is 0 Å². The van der Waals surface area contributed by atoms with Gasteiger partial charge in [0, 0.05) is 36.8 Å². The standard InChI is InChI=1S/C15H21BrN4O.2ClH/c16-12-4-5-14(18-11-12)19-7-9-20(10-8-19)15(21)13-3-1-2-6-17-13;;/h4-5,11,13,17H,1-3,6-10H2;2*1H/t13-;;/m1../s1. The second-order valence-electron chi connectivity index (χ2n) is 5.65. The van der Waals surface area contributed by atoms with Crippen LogP contribution in [0.15, 0.2) is 22.8 Å². The molecule has 2 saturated heterocycles. The zero-order chi connectivity index (χ0) is 14.7. The molecule has 0 aromatic carbocycles. The topological polar surface area (TPSA) is 48.5 Å². The first kappa shape index (κ1) is 20.5. The van der Waals surface area contributed by atoms with Crippen LogP contribution in [-0.2, 0) is 4.79 Å². The average molecular weight is 426 g/mol. The molecule has 0 spiro atoms. The fourth-order valence-electron chi connectivity index (χ4n) is 2.99. The Morgan fingerprint density at radius 1 is 1.17 bits per heavy atom. The minimum Gasteiger partial charge on any atom is -0.353 e. The SMILES string of the molecule is Cl.Cl.O=C([C@H]1CCCCN1)N1CCN(c2ccc(Br)cn2)CC1. The van der Waals surface area contributed by atoms with Gasteiger partial charge >= 0.3 is 0 Å². The number of halogens is 3. The number of nitrogens with zero attached hydrogens (tertiary/aromatic N) is 3. The van der Waals surface area contributed by atoms with E-state index in [1.54, 1.807) is 0 Å². The van der Waals surface area contributed by atoms with Gasteiger partial charge < -0.3 is 15.1 Å². The van der Waals surface area contributed by atoms with Gasteiger partial charge in [-0.1, -0.05) is 6.42 Å². The van der Waals surface area contributed by atoms with Crippen LogP contribution in [0.5, 0.6) is 0 Å². The predicted octanol–water partition coefficient (Wildman–Crippen LogP) is 2.48. The molecule has 3 heterocycles. The van der Waals surface area contributed by atoms with Gasteiger partial charge in [-0.3, -0.25) is 4.79 Å². The van der Waals surface area contributed by atoms with Crippen molar-refractivity contribution in [2.24, 2.45) is 0 Å². The Balaban J connectivity index is 0.00000132. The number of amides is 1. The second kappa shape index (κ2) is 9.67. The number of anilines is 1. The minimum atomic E-state index is 0. The van der Waals surface area contributed by atoms with E-state index >= 15 is 0 Å². The molecule has 0 radical (unpaired) electrons. The molecule has 2 aliphatic heterocycles. The Labute approximate surface area is 158 Å². The summed E-state index contributed by atoms with van der Waals surface area (Å²) in [6.07, 6.45) is 5.14. The van der Waals surface area contributed by atoms with Crippen LogP contribution in [0.3, 0.4) is 0 Å². The summed E-state index contributed by atoms with van der Waals surface area (Å²) in [6, 6.07) is 4.06. The number of piperidine rings is 1. The van der Waals surface area contributed by atoms with Gasteiger partial charge in [0.25, 0.3) is 0 Å². The lowest BCUT2D eigenvalue weighted by Gasteiger charge is -2.37. The number of rotatable bonds is 2. The van der Waals surface area contributed by atoms with E-state index in [1.807, 2.05) is 23.2 Å². The summed E-state index contributed by atoms with van der Waals surface area (Å²) in [5.41, 5.74) is 0. The lowest BCUT2D eigenvalue weighted by atomic mass is 10.0. The predicted molar refractivity (Wildman–Crippen MR) is 101 cm³/mol. The smallest absolute Gasteiger partial charge is 0.239 e. The highest BCUT2D eigenvalue weighted by Gasteiger charge is 2.28. The lowest BCUT2D eigenvalue weighted by molar-refractivity contribution is -0.134. The van der Waals surface area contributed by atoms with Gasteiger partial charge in [0.2, 0.25) is 5.91 Å². The number of aromatic nitrogens is 1. The summed E-state index contributed by atoms with van der Waals surface area (Å²) in [7, 11) is 0. The zero-order valence-corrected chi connectivity index (χ0v) is 16.1. The number of carbonyl (C=O) groups is 1. The van der Waals surface area contributed by atoms with E-state index in [-0.39, 0.29) is 36.8 Å². The van der Waals surface area contributed by atoms with E-state index < -0.39 is 0 Å². The fraction of sp³-hybridized carbons (Fsp3) is 0.600. The Kier molecular flexibility index (Phi) is 8.61. The molecule has 3 rings (SSSR count). The maximum absolute atomic E-state index is 12.5. The van der Waals surface area contributed by atoms with Crippen molar-refractivity contribution in [3.63, 3.8) is 0 Å². The number of hydrogen-bond acceptors (Lipinski definition) is 4. The normalized spacial score (nSPS) is 21.2. The molecule has 0 saturated carbocycles. The van der Waals surface area contributed by atoms with Gasteiger partial charge in [-0.25, -0.2) is 4.98 Å². The van der Waals surface area contributed by atoms with Crippen LogP contribution in [0.25, 0.3) is 0 Å². The van der Waals surface area contributed by atoms with Crippen LogP contribution >= 0.6 is 40.7 Å². The van der Waals surface area contributed by atoms with Gasteiger partial charge in [0.15, 0.2) is 0 Å². The van der Waals surface area contributed by atoms with Crippen LogP contribution in [0, 0.1) is 0 Å². The number of pyridine rings is 1. The van der Waals surface area contributed by atoms with E-state index in [2.05, 4.69) is 31.1 Å². The molecule has 2 aliphatic rings. The molecule has 1 aromatic rings. The van der Waals surface area contributed by atoms with E-state index in [0.717, 1.165) is 55.9 Å². The molecule has 0 aliphatic carbocycles. The third-order valence-electron chi connectivity index (χ3n) is 4.24. The largest absolute Gasteiger partial charge is 0.353 e. The molecular weight excluding hydrogens is 403 g/mol. The average Bonchev–Trinajstić information content (AvgIpc) is 2.56. The van der Waals surface area contributed by atoms with Crippen molar-refractivity contribution in [1.82, 2.24) is 15.2 Å². The first-order chi connectivity index (χ1) is 10.2. The summed E-state index contributed by atoms with van der Waals surface area (Å²) in [4.78, 5) is 21.1. The second-order valence-corrected chi connectivity index (χ2v) is 6.57. The third kappa shape index (κ3) is 5.21. The monoisotopic (exact) mass is 424 g/mol.